The number of hydrogen-bond acceptors (Lipinski definition) is 6. The summed E-state index contributed by atoms with van der Waals surface area (Å²) in [4.78, 5) is 10.7. The molecule has 0 aliphatic heterocycles. The van der Waals surface area contributed by atoms with Crippen LogP contribution in [0.25, 0.3) is 0 Å². The normalized spacial score (nSPS) is 12.5. The number of carbonyl (C=O) groups is 1. The third-order valence-corrected chi connectivity index (χ3v) is 4.25. The summed E-state index contributed by atoms with van der Waals surface area (Å²) in [6.45, 7) is -0.348. The molecule has 0 saturated carbocycles. The Morgan fingerprint density at radius 2 is 2.06 bits per heavy atom. The smallest absolute Gasteiger partial charge is 0.340 e. The molecule has 3 N–H and O–H groups in total. The molecule has 0 saturated heterocycles. The molecule has 1 heterocycles. The molecule has 102 valence electrons. The highest BCUT2D eigenvalue weighted by molar-refractivity contribution is 7.91. The number of sulfone groups is 1. The Morgan fingerprint density at radius 1 is 1.44 bits per heavy atom. The Kier molecular flexibility index (Phi) is 4.09. The molecule has 11 heteroatoms. The van der Waals surface area contributed by atoms with Crippen molar-refractivity contribution in [1.29, 1.82) is 0 Å². The summed E-state index contributed by atoms with van der Waals surface area (Å²) in [5, 5.41) is 13.5. The molecular formula is C7H11N3O6S2. The number of H-pyrrole nitrogens is 1. The van der Waals surface area contributed by atoms with Gasteiger partial charge in [0.2, 0.25) is 0 Å². The van der Waals surface area contributed by atoms with Crippen molar-refractivity contribution in [3.8, 4) is 0 Å². The lowest BCUT2D eigenvalue weighted by molar-refractivity contribution is 0.0692. The van der Waals surface area contributed by atoms with Crippen molar-refractivity contribution >= 4 is 25.8 Å². The van der Waals surface area contributed by atoms with Crippen molar-refractivity contribution < 1.29 is 26.7 Å². The van der Waals surface area contributed by atoms with Gasteiger partial charge in [-0.3, -0.25) is 5.10 Å². The molecule has 1 rings (SSSR count). The fourth-order valence-electron chi connectivity index (χ4n) is 1.07. The van der Waals surface area contributed by atoms with Gasteiger partial charge in [-0.2, -0.15) is 5.10 Å². The van der Waals surface area contributed by atoms with Crippen molar-refractivity contribution in [1.82, 2.24) is 14.9 Å². The second-order valence-corrected chi connectivity index (χ2v) is 7.41. The molecule has 0 unspecified atom stereocenters. The lowest BCUT2D eigenvalue weighted by Crippen LogP contribution is -2.30. The number of aromatic carboxylic acids is 1. The zero-order valence-electron chi connectivity index (χ0n) is 9.24. The second-order valence-electron chi connectivity index (χ2n) is 3.45. The Bertz CT molecular complexity index is 644. The van der Waals surface area contributed by atoms with Crippen LogP contribution in [0, 0.1) is 0 Å². The quantitative estimate of drug-likeness (QED) is 0.574. The summed E-state index contributed by atoms with van der Waals surface area (Å²) >= 11 is 0. The zero-order chi connectivity index (χ0) is 14.0. The van der Waals surface area contributed by atoms with E-state index in [4.69, 9.17) is 5.11 Å². The SMILES string of the molecule is CS(=O)(=O)CCNS(=O)(=O)c1[nH]ncc1C(=O)O. The second kappa shape index (κ2) is 5.04. The van der Waals surface area contributed by atoms with E-state index in [0.717, 1.165) is 12.5 Å². The molecule has 0 amide bonds. The highest BCUT2D eigenvalue weighted by Crippen LogP contribution is 2.11. The Morgan fingerprint density at radius 3 is 2.56 bits per heavy atom. The van der Waals surface area contributed by atoms with Crippen LogP contribution in [-0.2, 0) is 19.9 Å². The molecule has 0 atom stereocenters. The Labute approximate surface area is 103 Å². The number of sulfonamides is 1. The van der Waals surface area contributed by atoms with Gasteiger partial charge in [0.1, 0.15) is 15.4 Å². The van der Waals surface area contributed by atoms with Gasteiger partial charge in [0, 0.05) is 12.8 Å². The largest absolute Gasteiger partial charge is 0.478 e. The molecule has 0 spiro atoms. The number of aromatic amines is 1. The monoisotopic (exact) mass is 297 g/mol. The van der Waals surface area contributed by atoms with Crippen molar-refractivity contribution in [2.24, 2.45) is 0 Å². The number of rotatable bonds is 6. The Hall–Kier alpha value is -1.46. The molecule has 0 aliphatic carbocycles. The summed E-state index contributed by atoms with van der Waals surface area (Å²) in [6.07, 6.45) is 1.81. The van der Waals surface area contributed by atoms with Crippen LogP contribution >= 0.6 is 0 Å². The third-order valence-electron chi connectivity index (χ3n) is 1.87. The van der Waals surface area contributed by atoms with Gasteiger partial charge in [0.05, 0.1) is 11.9 Å². The first-order valence-electron chi connectivity index (χ1n) is 4.57. The number of nitrogens with one attached hydrogen (secondary N) is 2. The van der Waals surface area contributed by atoms with E-state index in [0.29, 0.717) is 0 Å². The molecule has 0 radical (unpaired) electrons. The molecule has 0 fully saturated rings. The predicted octanol–water partition coefficient (Wildman–Crippen LogP) is -1.57. The first kappa shape index (κ1) is 14.6. The molecule has 0 aromatic carbocycles. The highest BCUT2D eigenvalue weighted by Gasteiger charge is 2.24. The minimum absolute atomic E-state index is 0.348. The van der Waals surface area contributed by atoms with E-state index in [1.807, 2.05) is 9.82 Å². The number of aromatic nitrogens is 2. The molecular weight excluding hydrogens is 286 g/mol. The van der Waals surface area contributed by atoms with Gasteiger partial charge in [-0.05, 0) is 0 Å². The molecule has 18 heavy (non-hydrogen) atoms. The van der Waals surface area contributed by atoms with E-state index < -0.39 is 36.4 Å². The van der Waals surface area contributed by atoms with Crippen LogP contribution in [0.3, 0.4) is 0 Å². The lowest BCUT2D eigenvalue weighted by atomic mass is 10.4. The van der Waals surface area contributed by atoms with Crippen LogP contribution < -0.4 is 4.72 Å². The topological polar surface area (TPSA) is 146 Å². The van der Waals surface area contributed by atoms with Crippen LogP contribution in [0.5, 0.6) is 0 Å². The summed E-state index contributed by atoms with van der Waals surface area (Å²) in [5.74, 6) is -1.84. The van der Waals surface area contributed by atoms with Crippen LogP contribution in [0.15, 0.2) is 11.2 Å². The van der Waals surface area contributed by atoms with E-state index >= 15 is 0 Å². The van der Waals surface area contributed by atoms with Gasteiger partial charge in [0.15, 0.2) is 5.03 Å². The highest BCUT2D eigenvalue weighted by atomic mass is 32.2. The van der Waals surface area contributed by atoms with Crippen molar-refractivity contribution in [3.63, 3.8) is 0 Å². The fourth-order valence-corrected chi connectivity index (χ4v) is 2.78. The maximum absolute atomic E-state index is 11.7. The van der Waals surface area contributed by atoms with Crippen molar-refractivity contribution in [2.75, 3.05) is 18.6 Å². The van der Waals surface area contributed by atoms with Gasteiger partial charge in [0.25, 0.3) is 10.0 Å². The molecule has 9 nitrogen and oxygen atoms in total. The Balaban J connectivity index is 2.87. The molecule has 0 bridgehead atoms. The van der Waals surface area contributed by atoms with Gasteiger partial charge in [-0.1, -0.05) is 0 Å². The minimum atomic E-state index is -4.13. The van der Waals surface area contributed by atoms with Gasteiger partial charge < -0.3 is 5.11 Å². The van der Waals surface area contributed by atoms with Crippen LogP contribution in [-0.4, -0.2) is 56.7 Å². The van der Waals surface area contributed by atoms with E-state index in [1.54, 1.807) is 0 Å². The zero-order valence-corrected chi connectivity index (χ0v) is 10.9. The van der Waals surface area contributed by atoms with E-state index in [2.05, 4.69) is 5.10 Å². The van der Waals surface area contributed by atoms with Gasteiger partial charge in [-0.25, -0.2) is 26.4 Å². The first-order chi connectivity index (χ1) is 8.13. The van der Waals surface area contributed by atoms with E-state index in [-0.39, 0.29) is 12.3 Å². The van der Waals surface area contributed by atoms with Crippen molar-refractivity contribution in [3.05, 3.63) is 11.8 Å². The number of hydrogen-bond donors (Lipinski definition) is 3. The van der Waals surface area contributed by atoms with Crippen LogP contribution in [0.2, 0.25) is 0 Å². The minimum Gasteiger partial charge on any atom is -0.478 e. The summed E-state index contributed by atoms with van der Waals surface area (Å²) in [5.41, 5.74) is -0.512. The summed E-state index contributed by atoms with van der Waals surface area (Å²) < 4.78 is 47.0. The average Bonchev–Trinajstić information content (AvgIpc) is 2.63. The van der Waals surface area contributed by atoms with Gasteiger partial charge >= 0.3 is 5.97 Å². The summed E-state index contributed by atoms with van der Waals surface area (Å²) in [6, 6.07) is 0. The predicted molar refractivity (Wildman–Crippen MR) is 60.4 cm³/mol. The van der Waals surface area contributed by atoms with E-state index in [1.165, 1.54) is 0 Å². The molecule has 1 aromatic rings. The number of carboxylic acid groups (broad SMARTS) is 1. The van der Waals surface area contributed by atoms with Crippen molar-refractivity contribution in [2.45, 2.75) is 5.03 Å². The fraction of sp³-hybridized carbons (Fsp3) is 0.429. The maximum Gasteiger partial charge on any atom is 0.340 e. The molecule has 1 aromatic heterocycles. The van der Waals surface area contributed by atoms with Crippen LogP contribution in [0.4, 0.5) is 0 Å². The number of nitrogens with zero attached hydrogens (tertiary/aromatic N) is 1. The first-order valence-corrected chi connectivity index (χ1v) is 8.12. The van der Waals surface area contributed by atoms with Gasteiger partial charge in [-0.15, -0.1) is 0 Å². The van der Waals surface area contributed by atoms with Crippen LogP contribution in [0.1, 0.15) is 10.4 Å². The summed E-state index contributed by atoms with van der Waals surface area (Å²) in [7, 11) is -7.44. The molecule has 0 aliphatic rings. The van der Waals surface area contributed by atoms with E-state index in [9.17, 15) is 21.6 Å². The average molecular weight is 297 g/mol. The standard InChI is InChI=1S/C7H11N3O6S2/c1-17(13,14)3-2-9-18(15,16)6-5(7(11)12)4-8-10-6/h4,9H,2-3H2,1H3,(H,8,10)(H,11,12). The number of carboxylic acids is 1. The maximum atomic E-state index is 11.7. The third kappa shape index (κ3) is 3.78. The lowest BCUT2D eigenvalue weighted by Gasteiger charge is -2.04.